The summed E-state index contributed by atoms with van der Waals surface area (Å²) in [5, 5.41) is 3.14. The molecule has 1 unspecified atom stereocenters. The molecule has 5 rings (SSSR count). The van der Waals surface area contributed by atoms with Gasteiger partial charge < -0.3 is 24.1 Å². The van der Waals surface area contributed by atoms with Crippen LogP contribution in [-0.4, -0.2) is 35.3 Å². The highest BCUT2D eigenvalue weighted by atomic mass is 16.6. The number of fused-ring (bicyclic) bond motifs is 3. The molecular formula is C21H21N3O4. The number of carbonyl (C=O) groups excluding carboxylic acids is 1. The summed E-state index contributed by atoms with van der Waals surface area (Å²) in [7, 11) is 0. The van der Waals surface area contributed by atoms with Crippen LogP contribution in [0.25, 0.3) is 11.0 Å². The molecule has 1 aromatic heterocycles. The zero-order chi connectivity index (χ0) is 19.1. The molecule has 3 heterocycles. The van der Waals surface area contributed by atoms with E-state index in [2.05, 4.69) is 10.3 Å². The number of amides is 1. The number of nitrogens with one attached hydrogen (secondary N) is 1. The zero-order valence-electron chi connectivity index (χ0n) is 15.6. The highest BCUT2D eigenvalue weighted by Crippen LogP contribution is 2.35. The van der Waals surface area contributed by atoms with Crippen LogP contribution in [-0.2, 0) is 11.3 Å². The Hall–Kier alpha value is -3.22. The first kappa shape index (κ1) is 16.9. The summed E-state index contributed by atoms with van der Waals surface area (Å²) < 4.78 is 18.9. The minimum absolute atomic E-state index is 0.0444. The molecule has 144 valence electrons. The normalized spacial score (nSPS) is 17.7. The summed E-state index contributed by atoms with van der Waals surface area (Å²) in [6, 6.07) is 11.6. The number of aromatic nitrogens is 2. The van der Waals surface area contributed by atoms with Gasteiger partial charge in [0.05, 0.1) is 23.7 Å². The molecular weight excluding hydrogens is 358 g/mol. The number of aryl methyl sites for hydroxylation is 1. The lowest BCUT2D eigenvalue weighted by atomic mass is 10.0. The molecule has 1 atom stereocenters. The average molecular weight is 379 g/mol. The minimum atomic E-state index is -0.0565. The van der Waals surface area contributed by atoms with Crippen LogP contribution >= 0.6 is 0 Å². The predicted octanol–water partition coefficient (Wildman–Crippen LogP) is 2.76. The Kier molecular flexibility index (Phi) is 4.07. The molecule has 0 bridgehead atoms. The minimum Gasteiger partial charge on any atom is -0.493 e. The van der Waals surface area contributed by atoms with Gasteiger partial charge in [0.2, 0.25) is 5.91 Å². The van der Waals surface area contributed by atoms with Gasteiger partial charge in [-0.2, -0.15) is 0 Å². The molecule has 3 aromatic rings. The molecule has 1 amide bonds. The number of rotatable bonds is 3. The van der Waals surface area contributed by atoms with Crippen LogP contribution in [0.5, 0.6) is 17.2 Å². The van der Waals surface area contributed by atoms with Crippen LogP contribution < -0.4 is 19.5 Å². The van der Waals surface area contributed by atoms with Crippen molar-refractivity contribution in [3.05, 3.63) is 47.8 Å². The van der Waals surface area contributed by atoms with Gasteiger partial charge in [0.1, 0.15) is 31.3 Å². The molecule has 7 nitrogen and oxygen atoms in total. The van der Waals surface area contributed by atoms with Crippen LogP contribution in [0.1, 0.15) is 23.9 Å². The first-order valence-corrected chi connectivity index (χ1v) is 9.46. The Morgan fingerprint density at radius 1 is 1.11 bits per heavy atom. The van der Waals surface area contributed by atoms with Crippen molar-refractivity contribution < 1.29 is 19.0 Å². The van der Waals surface area contributed by atoms with Crippen LogP contribution in [0.3, 0.4) is 0 Å². The number of benzene rings is 2. The third-order valence-corrected chi connectivity index (χ3v) is 5.20. The topological polar surface area (TPSA) is 74.6 Å². The van der Waals surface area contributed by atoms with E-state index in [9.17, 15) is 4.79 Å². The largest absolute Gasteiger partial charge is 0.493 e. The Labute approximate surface area is 162 Å². The van der Waals surface area contributed by atoms with Gasteiger partial charge in [-0.05, 0) is 13.0 Å². The molecule has 2 aliphatic rings. The fourth-order valence-corrected chi connectivity index (χ4v) is 3.86. The quantitative estimate of drug-likeness (QED) is 0.757. The average Bonchev–Trinajstić information content (AvgIpc) is 3.01. The van der Waals surface area contributed by atoms with Gasteiger partial charge in [0, 0.05) is 24.1 Å². The van der Waals surface area contributed by atoms with E-state index >= 15 is 0 Å². The maximum absolute atomic E-state index is 12.8. The number of ether oxygens (including phenoxy) is 3. The molecule has 0 saturated carbocycles. The van der Waals surface area contributed by atoms with Crippen molar-refractivity contribution in [2.75, 3.05) is 19.8 Å². The summed E-state index contributed by atoms with van der Waals surface area (Å²) in [6.07, 6.45) is 0.755. The van der Waals surface area contributed by atoms with Gasteiger partial charge in [0.25, 0.3) is 0 Å². The van der Waals surface area contributed by atoms with E-state index in [1.54, 1.807) is 0 Å². The first-order valence-electron chi connectivity index (χ1n) is 9.46. The van der Waals surface area contributed by atoms with Gasteiger partial charge in [-0.15, -0.1) is 0 Å². The van der Waals surface area contributed by atoms with Crippen molar-refractivity contribution in [2.45, 2.75) is 25.9 Å². The van der Waals surface area contributed by atoms with Gasteiger partial charge in [-0.3, -0.25) is 4.79 Å². The zero-order valence-corrected chi connectivity index (χ0v) is 15.6. The third kappa shape index (κ3) is 2.93. The molecule has 28 heavy (non-hydrogen) atoms. The maximum atomic E-state index is 12.8. The van der Waals surface area contributed by atoms with Crippen molar-refractivity contribution >= 4 is 16.9 Å². The van der Waals surface area contributed by atoms with Crippen molar-refractivity contribution in [3.8, 4) is 17.2 Å². The molecule has 0 spiro atoms. The van der Waals surface area contributed by atoms with E-state index in [1.165, 1.54) is 0 Å². The second-order valence-corrected chi connectivity index (χ2v) is 7.02. The second-order valence-electron chi connectivity index (χ2n) is 7.02. The lowest BCUT2D eigenvalue weighted by molar-refractivity contribution is -0.122. The molecule has 0 saturated heterocycles. The summed E-state index contributed by atoms with van der Waals surface area (Å²) in [5.41, 5.74) is 2.68. The molecule has 2 aromatic carbocycles. The van der Waals surface area contributed by atoms with Crippen molar-refractivity contribution in [3.63, 3.8) is 0 Å². The third-order valence-electron chi connectivity index (χ3n) is 5.20. The summed E-state index contributed by atoms with van der Waals surface area (Å²) in [4.78, 5) is 17.4. The van der Waals surface area contributed by atoms with E-state index in [1.807, 2.05) is 47.9 Å². The Morgan fingerprint density at radius 3 is 2.71 bits per heavy atom. The number of hydrogen-bond donors (Lipinski definition) is 1. The van der Waals surface area contributed by atoms with Gasteiger partial charge in [-0.1, -0.05) is 18.2 Å². The van der Waals surface area contributed by atoms with E-state index in [0.717, 1.165) is 34.6 Å². The molecule has 0 aliphatic carbocycles. The molecule has 0 radical (unpaired) electrons. The molecule has 7 heteroatoms. The van der Waals surface area contributed by atoms with Gasteiger partial charge >= 0.3 is 0 Å². The van der Waals surface area contributed by atoms with E-state index in [4.69, 9.17) is 14.2 Å². The Morgan fingerprint density at radius 2 is 1.86 bits per heavy atom. The fraction of sp³-hybridized carbons (Fsp3) is 0.333. The highest BCUT2D eigenvalue weighted by molar-refractivity contribution is 5.84. The first-order chi connectivity index (χ1) is 13.7. The smallest absolute Gasteiger partial charge is 0.240 e. The standard InChI is InChI=1S/C21H21N3O4/c1-13-22-16-10-19-20(28-9-8-27-19)11-17(16)24(13)12-21(25)23-15-6-7-26-18-5-3-2-4-14(15)18/h2-5,10-11,15H,6-9,12H2,1H3,(H,23,25). The van der Waals surface area contributed by atoms with Crippen LogP contribution in [0.2, 0.25) is 0 Å². The lowest BCUT2D eigenvalue weighted by Gasteiger charge is -2.26. The number of imidazole rings is 1. The van der Waals surface area contributed by atoms with Crippen LogP contribution in [0.15, 0.2) is 36.4 Å². The highest BCUT2D eigenvalue weighted by Gasteiger charge is 2.24. The monoisotopic (exact) mass is 379 g/mol. The lowest BCUT2D eigenvalue weighted by Crippen LogP contribution is -2.34. The predicted molar refractivity (Wildman–Crippen MR) is 103 cm³/mol. The molecule has 2 aliphatic heterocycles. The SMILES string of the molecule is Cc1nc2cc3c(cc2n1CC(=O)NC1CCOc2ccccc21)OCCO3. The van der Waals surface area contributed by atoms with Crippen LogP contribution in [0, 0.1) is 6.92 Å². The van der Waals surface area contributed by atoms with Crippen molar-refractivity contribution in [2.24, 2.45) is 0 Å². The Bertz CT molecular complexity index is 1060. The second kappa shape index (κ2) is 6.74. The van der Waals surface area contributed by atoms with E-state index < -0.39 is 0 Å². The summed E-state index contributed by atoms with van der Waals surface area (Å²) >= 11 is 0. The van der Waals surface area contributed by atoms with Gasteiger partial charge in [0.15, 0.2) is 11.5 Å². The number of para-hydroxylation sites is 1. The molecule has 0 fully saturated rings. The summed E-state index contributed by atoms with van der Waals surface area (Å²) in [5.74, 6) is 2.95. The van der Waals surface area contributed by atoms with Gasteiger partial charge in [-0.25, -0.2) is 4.98 Å². The number of carbonyl (C=O) groups is 1. The number of hydrogen-bond acceptors (Lipinski definition) is 5. The van der Waals surface area contributed by atoms with E-state index in [-0.39, 0.29) is 18.5 Å². The van der Waals surface area contributed by atoms with Crippen molar-refractivity contribution in [1.29, 1.82) is 0 Å². The maximum Gasteiger partial charge on any atom is 0.240 e. The van der Waals surface area contributed by atoms with E-state index in [0.29, 0.717) is 31.3 Å². The molecule has 1 N–H and O–H groups in total. The van der Waals surface area contributed by atoms with Crippen molar-refractivity contribution in [1.82, 2.24) is 14.9 Å². The van der Waals surface area contributed by atoms with Crippen LogP contribution in [0.4, 0.5) is 0 Å². The fourth-order valence-electron chi connectivity index (χ4n) is 3.86. The summed E-state index contributed by atoms with van der Waals surface area (Å²) in [6.45, 7) is 3.75. The Balaban J connectivity index is 1.40. The number of nitrogens with zero attached hydrogens (tertiary/aromatic N) is 2.